The quantitative estimate of drug-likeness (QED) is 0.613. The Kier molecular flexibility index (Phi) is 3.79. The van der Waals surface area contributed by atoms with Crippen molar-refractivity contribution in [2.24, 2.45) is 0 Å². The molecule has 0 amide bonds. The number of aliphatic hydroxyl groups excluding tert-OH is 1. The van der Waals surface area contributed by atoms with Gasteiger partial charge in [0.25, 0.3) is 0 Å². The second-order valence-electron chi connectivity index (χ2n) is 4.60. The van der Waals surface area contributed by atoms with E-state index < -0.39 is 0 Å². The summed E-state index contributed by atoms with van der Waals surface area (Å²) in [5, 5.41) is 12.2. The lowest BCUT2D eigenvalue weighted by Crippen LogP contribution is -2.33. The fourth-order valence-corrected chi connectivity index (χ4v) is 2.27. The van der Waals surface area contributed by atoms with Gasteiger partial charge in [0.2, 0.25) is 0 Å². The van der Waals surface area contributed by atoms with Gasteiger partial charge in [-0.1, -0.05) is 0 Å². The molecule has 1 saturated heterocycles. The fourth-order valence-electron chi connectivity index (χ4n) is 2.27. The number of aliphatic hydroxyl groups is 1. The molecule has 1 heterocycles. The van der Waals surface area contributed by atoms with E-state index >= 15 is 0 Å². The third-order valence-electron chi connectivity index (χ3n) is 3.30. The Labute approximate surface area is 86.5 Å². The summed E-state index contributed by atoms with van der Waals surface area (Å²) in [6, 6.07) is 1.65. The van der Waals surface area contributed by atoms with Crippen LogP contribution in [0.5, 0.6) is 0 Å². The van der Waals surface area contributed by atoms with E-state index in [9.17, 15) is 0 Å². The summed E-state index contributed by atoms with van der Waals surface area (Å²) in [6.45, 7) is 3.95. The highest BCUT2D eigenvalue weighted by atomic mass is 16.2. The maximum Gasteiger partial charge on any atom is 0.0431 e. The molecule has 0 spiro atoms. The largest absolute Gasteiger partial charge is 0.396 e. The van der Waals surface area contributed by atoms with Gasteiger partial charge < -0.3 is 10.4 Å². The van der Waals surface area contributed by atoms with Crippen LogP contribution in [-0.2, 0) is 0 Å². The first-order valence-corrected chi connectivity index (χ1v) is 5.98. The van der Waals surface area contributed by atoms with Gasteiger partial charge in [0.1, 0.15) is 0 Å². The molecule has 1 atom stereocenters. The maximum atomic E-state index is 8.65. The number of nitrogens with one attached hydrogen (secondary N) is 1. The Bertz CT molecular complexity index is 171. The van der Waals surface area contributed by atoms with Crippen molar-refractivity contribution in [3.05, 3.63) is 0 Å². The number of likely N-dealkylation sites (tertiary alicyclic amines) is 1. The van der Waals surface area contributed by atoms with Crippen molar-refractivity contribution in [3.63, 3.8) is 0 Å². The molecule has 1 saturated carbocycles. The molecule has 1 aliphatic carbocycles. The van der Waals surface area contributed by atoms with E-state index in [2.05, 4.69) is 10.2 Å². The molecule has 0 aromatic heterocycles. The first-order chi connectivity index (χ1) is 6.90. The van der Waals surface area contributed by atoms with Gasteiger partial charge in [-0.15, -0.1) is 0 Å². The van der Waals surface area contributed by atoms with Crippen molar-refractivity contribution in [1.29, 1.82) is 0 Å². The number of hydrogen-bond donors (Lipinski definition) is 2. The standard InChI is InChI=1S/C11H22N2O/c14-8-2-1-6-12-10-5-7-13(9-10)11-3-4-11/h10-12,14H,1-9H2. The van der Waals surface area contributed by atoms with Gasteiger partial charge in [-0.05, 0) is 38.6 Å². The Hall–Kier alpha value is -0.120. The minimum atomic E-state index is 0.334. The molecule has 2 fully saturated rings. The lowest BCUT2D eigenvalue weighted by molar-refractivity contribution is 0.281. The minimum absolute atomic E-state index is 0.334. The number of unbranched alkanes of at least 4 members (excludes halogenated alkanes) is 1. The van der Waals surface area contributed by atoms with Crippen molar-refractivity contribution < 1.29 is 5.11 Å². The molecule has 2 aliphatic rings. The van der Waals surface area contributed by atoms with Crippen LogP contribution in [0.25, 0.3) is 0 Å². The highest BCUT2D eigenvalue weighted by Crippen LogP contribution is 2.29. The molecule has 1 unspecified atom stereocenters. The van der Waals surface area contributed by atoms with Crippen LogP contribution < -0.4 is 5.32 Å². The molecular weight excluding hydrogens is 176 g/mol. The van der Waals surface area contributed by atoms with Crippen LogP contribution in [0.15, 0.2) is 0 Å². The van der Waals surface area contributed by atoms with Gasteiger partial charge in [-0.3, -0.25) is 4.90 Å². The molecule has 3 nitrogen and oxygen atoms in total. The Balaban J connectivity index is 1.54. The molecule has 2 rings (SSSR count). The summed E-state index contributed by atoms with van der Waals surface area (Å²) in [7, 11) is 0. The number of nitrogens with zero attached hydrogens (tertiary/aromatic N) is 1. The summed E-state index contributed by atoms with van der Waals surface area (Å²) in [5.41, 5.74) is 0. The van der Waals surface area contributed by atoms with E-state index in [0.29, 0.717) is 12.6 Å². The Morgan fingerprint density at radius 1 is 1.21 bits per heavy atom. The summed E-state index contributed by atoms with van der Waals surface area (Å²) in [6.07, 6.45) is 6.21. The number of rotatable bonds is 6. The van der Waals surface area contributed by atoms with Crippen molar-refractivity contribution in [1.82, 2.24) is 10.2 Å². The second-order valence-corrected chi connectivity index (χ2v) is 4.60. The van der Waals surface area contributed by atoms with Crippen molar-refractivity contribution in [2.75, 3.05) is 26.2 Å². The lowest BCUT2D eigenvalue weighted by atomic mass is 10.2. The molecule has 3 heteroatoms. The summed E-state index contributed by atoms with van der Waals surface area (Å²) >= 11 is 0. The van der Waals surface area contributed by atoms with Gasteiger partial charge in [-0.25, -0.2) is 0 Å². The van der Waals surface area contributed by atoms with Crippen LogP contribution in [0.2, 0.25) is 0 Å². The first kappa shape index (κ1) is 10.4. The molecular formula is C11H22N2O. The van der Waals surface area contributed by atoms with Crippen LogP contribution in [0.1, 0.15) is 32.1 Å². The van der Waals surface area contributed by atoms with Crippen LogP contribution in [0.3, 0.4) is 0 Å². The highest BCUT2D eigenvalue weighted by molar-refractivity contribution is 4.91. The molecule has 0 aromatic rings. The van der Waals surface area contributed by atoms with E-state index in [4.69, 9.17) is 5.11 Å². The summed E-state index contributed by atoms with van der Waals surface area (Å²) in [4.78, 5) is 2.63. The van der Waals surface area contributed by atoms with E-state index in [1.807, 2.05) is 0 Å². The highest BCUT2D eigenvalue weighted by Gasteiger charge is 2.33. The molecule has 14 heavy (non-hydrogen) atoms. The fraction of sp³-hybridized carbons (Fsp3) is 1.00. The van der Waals surface area contributed by atoms with Crippen LogP contribution in [-0.4, -0.2) is 48.3 Å². The van der Waals surface area contributed by atoms with Crippen LogP contribution >= 0.6 is 0 Å². The first-order valence-electron chi connectivity index (χ1n) is 5.98. The zero-order chi connectivity index (χ0) is 9.80. The normalized spacial score (nSPS) is 28.5. The monoisotopic (exact) mass is 198 g/mol. The van der Waals surface area contributed by atoms with Crippen molar-refractivity contribution in [2.45, 2.75) is 44.2 Å². The Morgan fingerprint density at radius 3 is 2.79 bits per heavy atom. The summed E-state index contributed by atoms with van der Waals surface area (Å²) < 4.78 is 0. The van der Waals surface area contributed by atoms with Crippen molar-refractivity contribution in [3.8, 4) is 0 Å². The predicted octanol–water partition coefficient (Wildman–Crippen LogP) is 0.585. The third kappa shape index (κ3) is 2.94. The SMILES string of the molecule is OCCCCNC1CCN(C2CC2)C1. The smallest absolute Gasteiger partial charge is 0.0431 e. The van der Waals surface area contributed by atoms with E-state index in [-0.39, 0.29) is 0 Å². The zero-order valence-electron chi connectivity index (χ0n) is 8.91. The minimum Gasteiger partial charge on any atom is -0.396 e. The van der Waals surface area contributed by atoms with Gasteiger partial charge in [-0.2, -0.15) is 0 Å². The molecule has 82 valence electrons. The van der Waals surface area contributed by atoms with Gasteiger partial charge in [0, 0.05) is 31.8 Å². The second kappa shape index (κ2) is 5.10. The number of hydrogen-bond acceptors (Lipinski definition) is 3. The Morgan fingerprint density at radius 2 is 2.07 bits per heavy atom. The topological polar surface area (TPSA) is 35.5 Å². The van der Waals surface area contributed by atoms with Crippen LogP contribution in [0.4, 0.5) is 0 Å². The van der Waals surface area contributed by atoms with Gasteiger partial charge >= 0.3 is 0 Å². The molecule has 0 bridgehead atoms. The van der Waals surface area contributed by atoms with Crippen molar-refractivity contribution >= 4 is 0 Å². The molecule has 1 aliphatic heterocycles. The molecule has 0 radical (unpaired) electrons. The third-order valence-corrected chi connectivity index (χ3v) is 3.30. The van der Waals surface area contributed by atoms with E-state index in [0.717, 1.165) is 25.4 Å². The maximum absolute atomic E-state index is 8.65. The van der Waals surface area contributed by atoms with E-state index in [1.165, 1.54) is 32.4 Å². The van der Waals surface area contributed by atoms with E-state index in [1.54, 1.807) is 0 Å². The summed E-state index contributed by atoms with van der Waals surface area (Å²) in [5.74, 6) is 0. The zero-order valence-corrected chi connectivity index (χ0v) is 8.91. The van der Waals surface area contributed by atoms with Gasteiger partial charge in [0.05, 0.1) is 0 Å². The predicted molar refractivity (Wildman–Crippen MR) is 57.3 cm³/mol. The van der Waals surface area contributed by atoms with Crippen LogP contribution in [0, 0.1) is 0 Å². The molecule has 2 N–H and O–H groups in total. The molecule has 0 aromatic carbocycles. The van der Waals surface area contributed by atoms with Gasteiger partial charge in [0.15, 0.2) is 0 Å². The average molecular weight is 198 g/mol. The lowest BCUT2D eigenvalue weighted by Gasteiger charge is -2.15. The average Bonchev–Trinajstić information content (AvgIpc) is 2.94.